The van der Waals surface area contributed by atoms with E-state index in [1.54, 1.807) is 4.88 Å². The fourth-order valence-corrected chi connectivity index (χ4v) is 4.43. The third-order valence-electron chi connectivity index (χ3n) is 4.68. The van der Waals surface area contributed by atoms with Crippen molar-refractivity contribution in [3.63, 3.8) is 0 Å². The lowest BCUT2D eigenvalue weighted by atomic mass is 9.97. The Labute approximate surface area is 131 Å². The second-order valence-electron chi connectivity index (χ2n) is 5.89. The van der Waals surface area contributed by atoms with Gasteiger partial charge in [0.1, 0.15) is 0 Å². The molecule has 0 bridgehead atoms. The van der Waals surface area contributed by atoms with Crippen LogP contribution in [0, 0.1) is 0 Å². The molecule has 1 saturated heterocycles. The summed E-state index contributed by atoms with van der Waals surface area (Å²) < 4.78 is 0. The normalized spacial score (nSPS) is 23.1. The molecule has 1 unspecified atom stereocenters. The summed E-state index contributed by atoms with van der Waals surface area (Å²) >= 11 is 1.88. The van der Waals surface area contributed by atoms with Crippen LogP contribution >= 0.6 is 11.3 Å². The average Bonchev–Trinajstić information content (AvgIpc) is 3.01. The molecule has 3 heterocycles. The number of hydrogen-bond acceptors (Lipinski definition) is 4. The number of nitrogens with zero attached hydrogens (tertiary/aromatic N) is 2. The summed E-state index contributed by atoms with van der Waals surface area (Å²) in [4.78, 5) is 18.4. The van der Waals surface area contributed by atoms with Crippen LogP contribution in [0.15, 0.2) is 11.4 Å². The Morgan fingerprint density at radius 1 is 1.38 bits per heavy atom. The van der Waals surface area contributed by atoms with E-state index in [9.17, 15) is 4.79 Å². The van der Waals surface area contributed by atoms with Crippen molar-refractivity contribution in [1.82, 2.24) is 15.1 Å². The first-order valence-corrected chi connectivity index (χ1v) is 8.96. The zero-order valence-electron chi connectivity index (χ0n) is 12.8. The van der Waals surface area contributed by atoms with Gasteiger partial charge >= 0.3 is 0 Å². The number of piperazine rings is 1. The molecule has 0 aliphatic carbocycles. The topological polar surface area (TPSA) is 35.6 Å². The SMILES string of the molecule is CCC1c2ccsc2CCN1CCC(=O)N1CCNCC1. The van der Waals surface area contributed by atoms with Crippen LogP contribution in [0.5, 0.6) is 0 Å². The number of rotatable bonds is 4. The first-order chi connectivity index (χ1) is 10.3. The molecule has 4 nitrogen and oxygen atoms in total. The lowest BCUT2D eigenvalue weighted by molar-refractivity contribution is -0.132. The lowest BCUT2D eigenvalue weighted by Gasteiger charge is -2.36. The van der Waals surface area contributed by atoms with Gasteiger partial charge in [0.05, 0.1) is 0 Å². The van der Waals surface area contributed by atoms with E-state index in [-0.39, 0.29) is 0 Å². The Morgan fingerprint density at radius 2 is 2.19 bits per heavy atom. The third-order valence-corrected chi connectivity index (χ3v) is 5.67. The number of carbonyl (C=O) groups excluding carboxylic acids is 1. The Bertz CT molecular complexity index is 482. The van der Waals surface area contributed by atoms with Crippen LogP contribution in [0.1, 0.15) is 36.2 Å². The van der Waals surface area contributed by atoms with Gasteiger partial charge in [-0.05, 0) is 29.9 Å². The zero-order valence-corrected chi connectivity index (χ0v) is 13.6. The van der Waals surface area contributed by atoms with Gasteiger partial charge < -0.3 is 10.2 Å². The van der Waals surface area contributed by atoms with Crippen LogP contribution in [0.4, 0.5) is 0 Å². The molecule has 2 aliphatic rings. The standard InChI is InChI=1S/C16H25N3OS/c1-2-14-13-5-12-21-15(13)3-8-18(14)9-4-16(20)19-10-6-17-7-11-19/h5,12,14,17H,2-4,6-11H2,1H3. The molecule has 5 heteroatoms. The highest BCUT2D eigenvalue weighted by atomic mass is 32.1. The highest BCUT2D eigenvalue weighted by Gasteiger charge is 2.27. The van der Waals surface area contributed by atoms with Crippen molar-refractivity contribution in [1.29, 1.82) is 0 Å². The Hall–Kier alpha value is -0.910. The summed E-state index contributed by atoms with van der Waals surface area (Å²) in [5, 5.41) is 5.51. The quantitative estimate of drug-likeness (QED) is 0.922. The predicted molar refractivity (Wildman–Crippen MR) is 86.7 cm³/mol. The number of carbonyl (C=O) groups is 1. The van der Waals surface area contributed by atoms with E-state index in [0.29, 0.717) is 18.4 Å². The number of nitrogens with one attached hydrogen (secondary N) is 1. The van der Waals surface area contributed by atoms with Gasteiger partial charge in [0.15, 0.2) is 0 Å². The maximum absolute atomic E-state index is 12.3. The van der Waals surface area contributed by atoms with Crippen LogP contribution in [-0.4, -0.2) is 55.0 Å². The molecule has 0 saturated carbocycles. The first-order valence-electron chi connectivity index (χ1n) is 8.08. The number of hydrogen-bond donors (Lipinski definition) is 1. The summed E-state index contributed by atoms with van der Waals surface area (Å²) in [6.07, 6.45) is 2.94. The minimum Gasteiger partial charge on any atom is -0.340 e. The van der Waals surface area contributed by atoms with Gasteiger partial charge in [-0.3, -0.25) is 9.69 Å². The maximum atomic E-state index is 12.3. The van der Waals surface area contributed by atoms with Crippen LogP contribution in [0.3, 0.4) is 0 Å². The minimum absolute atomic E-state index is 0.322. The second kappa shape index (κ2) is 6.90. The smallest absolute Gasteiger partial charge is 0.223 e. The van der Waals surface area contributed by atoms with Crippen molar-refractivity contribution in [3.05, 3.63) is 21.9 Å². The fraction of sp³-hybridized carbons (Fsp3) is 0.688. The van der Waals surface area contributed by atoms with E-state index < -0.39 is 0 Å². The molecule has 21 heavy (non-hydrogen) atoms. The van der Waals surface area contributed by atoms with Crippen molar-refractivity contribution in [2.75, 3.05) is 39.3 Å². The van der Waals surface area contributed by atoms with Crippen molar-refractivity contribution in [2.24, 2.45) is 0 Å². The summed E-state index contributed by atoms with van der Waals surface area (Å²) in [6, 6.07) is 2.79. The average molecular weight is 307 g/mol. The Morgan fingerprint density at radius 3 is 2.95 bits per heavy atom. The van der Waals surface area contributed by atoms with Gasteiger partial charge in [-0.1, -0.05) is 6.92 Å². The van der Waals surface area contributed by atoms with Crippen molar-refractivity contribution >= 4 is 17.2 Å². The molecule has 3 rings (SSSR count). The molecule has 116 valence electrons. The van der Waals surface area contributed by atoms with Crippen LogP contribution < -0.4 is 5.32 Å². The molecule has 0 aromatic carbocycles. The molecule has 0 radical (unpaired) electrons. The van der Waals surface area contributed by atoms with Gasteiger partial charge in [-0.2, -0.15) is 0 Å². The molecule has 1 aromatic heterocycles. The van der Waals surface area contributed by atoms with Gasteiger partial charge in [0, 0.05) is 56.6 Å². The predicted octanol–water partition coefficient (Wildman–Crippen LogP) is 1.88. The molecule has 1 atom stereocenters. The van der Waals surface area contributed by atoms with Gasteiger partial charge in [0.2, 0.25) is 5.91 Å². The molecular formula is C16H25N3OS. The lowest BCUT2D eigenvalue weighted by Crippen LogP contribution is -2.47. The van der Waals surface area contributed by atoms with Crippen molar-refractivity contribution in [3.8, 4) is 0 Å². The van der Waals surface area contributed by atoms with E-state index in [0.717, 1.165) is 52.1 Å². The van der Waals surface area contributed by atoms with E-state index in [4.69, 9.17) is 0 Å². The largest absolute Gasteiger partial charge is 0.340 e. The summed E-state index contributed by atoms with van der Waals surface area (Å²) in [6.45, 7) is 7.85. The van der Waals surface area contributed by atoms with E-state index in [2.05, 4.69) is 28.6 Å². The molecule has 1 fully saturated rings. The number of amides is 1. The van der Waals surface area contributed by atoms with E-state index in [1.807, 2.05) is 16.2 Å². The number of thiophene rings is 1. The van der Waals surface area contributed by atoms with Gasteiger partial charge in [-0.15, -0.1) is 11.3 Å². The summed E-state index contributed by atoms with van der Waals surface area (Å²) in [7, 11) is 0. The monoisotopic (exact) mass is 307 g/mol. The summed E-state index contributed by atoms with van der Waals surface area (Å²) in [5.41, 5.74) is 1.50. The highest BCUT2D eigenvalue weighted by molar-refractivity contribution is 7.10. The third kappa shape index (κ3) is 3.30. The number of fused-ring (bicyclic) bond motifs is 1. The van der Waals surface area contributed by atoms with Crippen LogP contribution in [-0.2, 0) is 11.2 Å². The molecule has 1 N–H and O–H groups in total. The highest BCUT2D eigenvalue weighted by Crippen LogP contribution is 2.35. The van der Waals surface area contributed by atoms with Crippen LogP contribution in [0.25, 0.3) is 0 Å². The summed E-state index contributed by atoms with van der Waals surface area (Å²) in [5.74, 6) is 0.322. The zero-order chi connectivity index (χ0) is 14.7. The van der Waals surface area contributed by atoms with Crippen molar-refractivity contribution in [2.45, 2.75) is 32.2 Å². The van der Waals surface area contributed by atoms with Gasteiger partial charge in [-0.25, -0.2) is 0 Å². The molecule has 2 aliphatic heterocycles. The van der Waals surface area contributed by atoms with E-state index in [1.165, 1.54) is 5.56 Å². The Balaban J connectivity index is 1.56. The first kappa shape index (κ1) is 15.0. The van der Waals surface area contributed by atoms with Crippen molar-refractivity contribution < 1.29 is 4.79 Å². The van der Waals surface area contributed by atoms with E-state index >= 15 is 0 Å². The molecule has 1 aromatic rings. The Kier molecular flexibility index (Phi) is 4.93. The molecule has 1 amide bonds. The fourth-order valence-electron chi connectivity index (χ4n) is 3.51. The van der Waals surface area contributed by atoms with Crippen LogP contribution in [0.2, 0.25) is 0 Å². The van der Waals surface area contributed by atoms with Gasteiger partial charge in [0.25, 0.3) is 0 Å². The second-order valence-corrected chi connectivity index (χ2v) is 6.89. The molecule has 0 spiro atoms. The maximum Gasteiger partial charge on any atom is 0.223 e. The molecular weight excluding hydrogens is 282 g/mol. The minimum atomic E-state index is 0.322.